The van der Waals surface area contributed by atoms with Crippen LogP contribution in [0, 0.1) is 5.92 Å². The fourth-order valence-corrected chi connectivity index (χ4v) is 5.14. The van der Waals surface area contributed by atoms with Gasteiger partial charge in [0.1, 0.15) is 5.75 Å². The molecule has 0 radical (unpaired) electrons. The van der Waals surface area contributed by atoms with Gasteiger partial charge in [-0.25, -0.2) is 0 Å². The summed E-state index contributed by atoms with van der Waals surface area (Å²) < 4.78 is 14.2. The lowest BCUT2D eigenvalue weighted by Crippen LogP contribution is -2.42. The van der Waals surface area contributed by atoms with E-state index >= 15 is 0 Å². The lowest BCUT2D eigenvalue weighted by Gasteiger charge is -2.32. The molecule has 1 unspecified atom stereocenters. The molecule has 29 heavy (non-hydrogen) atoms. The third kappa shape index (κ3) is 4.58. The highest BCUT2D eigenvalue weighted by Gasteiger charge is 2.26. The number of fused-ring (bicyclic) bond motifs is 1. The maximum absolute atomic E-state index is 12.1. The minimum atomic E-state index is -0.836. The number of nitrogens with one attached hydrogen (secondary N) is 1. The smallest absolute Gasteiger partial charge is 0.123 e. The van der Waals surface area contributed by atoms with Crippen LogP contribution in [0.1, 0.15) is 31.7 Å². The average molecular weight is 408 g/mol. The molecule has 2 heterocycles. The van der Waals surface area contributed by atoms with Crippen LogP contribution in [-0.4, -0.2) is 38.7 Å². The van der Waals surface area contributed by atoms with Crippen molar-refractivity contribution in [2.24, 2.45) is 5.92 Å². The summed E-state index contributed by atoms with van der Waals surface area (Å²) in [4.78, 5) is 4.35. The number of pyridine rings is 1. The number of piperidine rings is 1. The Morgan fingerprint density at radius 1 is 1.34 bits per heavy atom. The van der Waals surface area contributed by atoms with Crippen LogP contribution in [0.4, 0.5) is 5.69 Å². The molecule has 1 aromatic heterocycles. The Bertz CT molecular complexity index is 931. The van der Waals surface area contributed by atoms with Crippen molar-refractivity contribution in [3.8, 4) is 0 Å². The number of hydrogen-bond donors (Lipinski definition) is 1. The Kier molecular flexibility index (Phi) is 6.38. The molecule has 2 aliphatic rings. The third-order valence-corrected chi connectivity index (χ3v) is 7.27. The fourth-order valence-electron chi connectivity index (χ4n) is 4.15. The predicted molar refractivity (Wildman–Crippen MR) is 124 cm³/mol. The zero-order valence-electron chi connectivity index (χ0n) is 17.0. The Morgan fingerprint density at radius 2 is 2.17 bits per heavy atom. The Balaban J connectivity index is 1.60. The summed E-state index contributed by atoms with van der Waals surface area (Å²) >= 11 is -0.836. The van der Waals surface area contributed by atoms with Crippen LogP contribution in [0.15, 0.2) is 61.5 Å². The summed E-state index contributed by atoms with van der Waals surface area (Å²) in [6.07, 6.45) is 15.6. The van der Waals surface area contributed by atoms with Gasteiger partial charge in [-0.2, -0.15) is 0 Å². The van der Waals surface area contributed by atoms with Crippen LogP contribution in [0.3, 0.4) is 0 Å². The zero-order chi connectivity index (χ0) is 20.2. The van der Waals surface area contributed by atoms with Crippen molar-refractivity contribution >= 4 is 33.4 Å². The van der Waals surface area contributed by atoms with Gasteiger partial charge in [-0.1, -0.05) is 24.3 Å². The summed E-state index contributed by atoms with van der Waals surface area (Å²) in [5, 5.41) is 6.11. The SMILES string of the molecule is C=CC1C=C(c2cc(NC3CCN([S@+]([O-])CC)CC3)c3cnccc3c2)C=CC1. The number of anilines is 1. The molecule has 2 aromatic rings. The van der Waals surface area contributed by atoms with Gasteiger partial charge in [0.15, 0.2) is 0 Å². The Morgan fingerprint density at radius 3 is 2.93 bits per heavy atom. The number of allylic oxidation sites excluding steroid dienone is 5. The fraction of sp³-hybridized carbons (Fsp3) is 0.375. The predicted octanol–water partition coefficient (Wildman–Crippen LogP) is 4.94. The summed E-state index contributed by atoms with van der Waals surface area (Å²) in [5.41, 5.74) is 3.60. The monoisotopic (exact) mass is 407 g/mol. The van der Waals surface area contributed by atoms with Gasteiger partial charge < -0.3 is 9.87 Å². The molecule has 152 valence electrons. The highest BCUT2D eigenvalue weighted by atomic mass is 32.2. The van der Waals surface area contributed by atoms with E-state index in [9.17, 15) is 4.55 Å². The molecule has 1 aromatic carbocycles. The minimum Gasteiger partial charge on any atom is -0.598 e. The molecule has 1 saturated heterocycles. The van der Waals surface area contributed by atoms with Crippen molar-refractivity contribution < 1.29 is 4.55 Å². The molecule has 4 nitrogen and oxygen atoms in total. The van der Waals surface area contributed by atoms with E-state index in [4.69, 9.17) is 0 Å². The van der Waals surface area contributed by atoms with Crippen molar-refractivity contribution in [3.05, 3.63) is 67.0 Å². The van der Waals surface area contributed by atoms with Gasteiger partial charge >= 0.3 is 0 Å². The molecule has 2 atom stereocenters. The van der Waals surface area contributed by atoms with Gasteiger partial charge in [0.05, 0.1) is 0 Å². The normalized spacial score (nSPS) is 21.7. The van der Waals surface area contributed by atoms with Gasteiger partial charge in [0.2, 0.25) is 0 Å². The molecule has 1 aliphatic heterocycles. The van der Waals surface area contributed by atoms with E-state index in [1.54, 1.807) is 0 Å². The van der Waals surface area contributed by atoms with E-state index in [-0.39, 0.29) is 0 Å². The van der Waals surface area contributed by atoms with Gasteiger partial charge in [0.25, 0.3) is 0 Å². The molecular weight excluding hydrogens is 378 g/mol. The van der Waals surface area contributed by atoms with Gasteiger partial charge in [-0.05, 0) is 66.8 Å². The quantitative estimate of drug-likeness (QED) is 0.544. The van der Waals surface area contributed by atoms with Crippen molar-refractivity contribution in [1.82, 2.24) is 9.29 Å². The molecule has 0 amide bonds. The minimum absolute atomic E-state index is 0.385. The van der Waals surface area contributed by atoms with Gasteiger partial charge in [-0.15, -0.1) is 10.9 Å². The molecule has 0 spiro atoms. The topological polar surface area (TPSA) is 51.2 Å². The second-order valence-corrected chi connectivity index (χ2v) is 9.47. The van der Waals surface area contributed by atoms with E-state index < -0.39 is 11.4 Å². The maximum Gasteiger partial charge on any atom is 0.123 e. The van der Waals surface area contributed by atoms with Gasteiger partial charge in [-0.3, -0.25) is 4.98 Å². The highest BCUT2D eigenvalue weighted by molar-refractivity contribution is 7.89. The van der Waals surface area contributed by atoms with Crippen LogP contribution < -0.4 is 5.32 Å². The second-order valence-electron chi connectivity index (χ2n) is 7.74. The van der Waals surface area contributed by atoms with Crippen molar-refractivity contribution in [1.29, 1.82) is 0 Å². The zero-order valence-corrected chi connectivity index (χ0v) is 17.8. The van der Waals surface area contributed by atoms with Crippen LogP contribution in [0.2, 0.25) is 0 Å². The van der Waals surface area contributed by atoms with Gasteiger partial charge in [0, 0.05) is 54.0 Å². The Labute approximate surface area is 176 Å². The van der Waals surface area contributed by atoms with Crippen molar-refractivity contribution in [3.63, 3.8) is 0 Å². The lowest BCUT2D eigenvalue weighted by atomic mass is 9.91. The first-order valence-electron chi connectivity index (χ1n) is 10.5. The van der Waals surface area contributed by atoms with Crippen LogP contribution in [0.5, 0.6) is 0 Å². The van der Waals surface area contributed by atoms with Crippen LogP contribution >= 0.6 is 0 Å². The summed E-state index contributed by atoms with van der Waals surface area (Å²) in [5.74, 6) is 1.09. The largest absolute Gasteiger partial charge is 0.598 e. The summed E-state index contributed by atoms with van der Waals surface area (Å²) in [7, 11) is 0. The third-order valence-electron chi connectivity index (χ3n) is 5.84. The lowest BCUT2D eigenvalue weighted by molar-refractivity contribution is 0.330. The summed E-state index contributed by atoms with van der Waals surface area (Å²) in [6.45, 7) is 7.70. The molecule has 4 rings (SSSR count). The second kappa shape index (κ2) is 9.16. The molecule has 5 heteroatoms. The van der Waals surface area contributed by atoms with Crippen molar-refractivity contribution in [2.45, 2.75) is 32.2 Å². The van der Waals surface area contributed by atoms with E-state index in [1.165, 1.54) is 16.5 Å². The number of aromatic nitrogens is 1. The van der Waals surface area contributed by atoms with E-state index in [0.29, 0.717) is 17.7 Å². The van der Waals surface area contributed by atoms with E-state index in [1.807, 2.05) is 25.4 Å². The molecule has 1 N–H and O–H groups in total. The molecule has 0 bridgehead atoms. The number of benzene rings is 1. The summed E-state index contributed by atoms with van der Waals surface area (Å²) in [6, 6.07) is 6.96. The number of nitrogens with zero attached hydrogens (tertiary/aromatic N) is 2. The highest BCUT2D eigenvalue weighted by Crippen LogP contribution is 2.33. The first kappa shape index (κ1) is 20.2. The number of rotatable bonds is 6. The first-order valence-corrected chi connectivity index (χ1v) is 11.7. The number of hydrogen-bond acceptors (Lipinski definition) is 4. The molecule has 1 fully saturated rings. The standard InChI is InChI=1S/C24H29N3OS/c1-3-18-6-5-7-19(14-18)21-15-20-8-11-25-17-23(20)24(16-21)26-22-9-12-27(13-10-22)29(28)4-2/h3,5,7-8,11,14-18,22,26H,1,4,6,9-10,12-13H2,2H3/t18?,29-/m1/s1. The molecular formula is C24H29N3OS. The molecule has 0 saturated carbocycles. The first-order chi connectivity index (χ1) is 14.2. The maximum atomic E-state index is 12.1. The van der Waals surface area contributed by atoms with Crippen LogP contribution in [-0.2, 0) is 11.4 Å². The Hall–Kier alpha value is -2.08. The van der Waals surface area contributed by atoms with Crippen LogP contribution in [0.25, 0.3) is 16.3 Å². The van der Waals surface area contributed by atoms with Crippen molar-refractivity contribution in [2.75, 3.05) is 24.2 Å². The van der Waals surface area contributed by atoms with E-state index in [2.05, 4.69) is 57.6 Å². The average Bonchev–Trinajstić information content (AvgIpc) is 2.79. The van der Waals surface area contributed by atoms with E-state index in [0.717, 1.165) is 43.4 Å². The molecule has 1 aliphatic carbocycles.